The maximum atomic E-state index is 13.0. The summed E-state index contributed by atoms with van der Waals surface area (Å²) in [5, 5.41) is 3.07. The lowest BCUT2D eigenvalue weighted by Gasteiger charge is -2.23. The van der Waals surface area contributed by atoms with Crippen molar-refractivity contribution < 1.29 is 22.7 Å². The van der Waals surface area contributed by atoms with Crippen molar-refractivity contribution in [2.75, 3.05) is 25.6 Å². The Balaban J connectivity index is 1.76. The highest BCUT2D eigenvalue weighted by Crippen LogP contribution is 2.31. The topological polar surface area (TPSA) is 84.9 Å². The Hall–Kier alpha value is -2.74. The fourth-order valence-corrected chi connectivity index (χ4v) is 4.82. The third-order valence-electron chi connectivity index (χ3n) is 5.45. The van der Waals surface area contributed by atoms with Crippen molar-refractivity contribution in [1.82, 2.24) is 5.32 Å². The van der Waals surface area contributed by atoms with Gasteiger partial charge < -0.3 is 14.8 Å². The Labute approximate surface area is 178 Å². The molecular weight excluding hydrogens is 404 g/mol. The number of anilines is 1. The first-order valence-electron chi connectivity index (χ1n) is 9.98. The number of carbonyl (C=O) groups is 1. The predicted octanol–water partition coefficient (Wildman–Crippen LogP) is 3.59. The smallest absolute Gasteiger partial charge is 0.264 e. The van der Waals surface area contributed by atoms with E-state index in [0.717, 1.165) is 25.7 Å². The molecule has 2 aromatic rings. The molecule has 0 atom stereocenters. The van der Waals surface area contributed by atoms with Crippen LogP contribution < -0.4 is 19.1 Å². The maximum absolute atomic E-state index is 13.0. The van der Waals surface area contributed by atoms with E-state index in [2.05, 4.69) is 5.32 Å². The largest absolute Gasteiger partial charge is 0.493 e. The summed E-state index contributed by atoms with van der Waals surface area (Å²) >= 11 is 0. The number of ether oxygens (including phenoxy) is 2. The number of carbonyl (C=O) groups excluding carboxylic acids is 1. The van der Waals surface area contributed by atoms with Crippen LogP contribution in [0.4, 0.5) is 5.69 Å². The highest BCUT2D eigenvalue weighted by Gasteiger charge is 2.23. The molecule has 30 heavy (non-hydrogen) atoms. The molecule has 1 fully saturated rings. The second kappa shape index (κ2) is 9.38. The summed E-state index contributed by atoms with van der Waals surface area (Å²) in [5.41, 5.74) is 0.972. The quantitative estimate of drug-likeness (QED) is 0.723. The molecule has 0 aromatic heterocycles. The van der Waals surface area contributed by atoms with Crippen LogP contribution in [-0.2, 0) is 10.0 Å². The minimum atomic E-state index is -3.81. The summed E-state index contributed by atoms with van der Waals surface area (Å²) in [5.74, 6) is 0.660. The lowest BCUT2D eigenvalue weighted by molar-refractivity contribution is 0.0927. The number of hydrogen-bond donors (Lipinski definition) is 1. The first-order valence-corrected chi connectivity index (χ1v) is 11.4. The molecule has 0 saturated heterocycles. The van der Waals surface area contributed by atoms with Gasteiger partial charge in [0.15, 0.2) is 11.5 Å². The fourth-order valence-electron chi connectivity index (χ4n) is 3.61. The molecule has 2 aromatic carbocycles. The molecule has 1 saturated carbocycles. The summed E-state index contributed by atoms with van der Waals surface area (Å²) in [6.07, 6.45) is 5.53. The van der Waals surface area contributed by atoms with Gasteiger partial charge in [0.2, 0.25) is 0 Å². The molecule has 0 heterocycles. The molecule has 1 aliphatic rings. The van der Waals surface area contributed by atoms with Crippen molar-refractivity contribution >= 4 is 21.6 Å². The monoisotopic (exact) mass is 432 g/mol. The van der Waals surface area contributed by atoms with Gasteiger partial charge in [0.25, 0.3) is 15.9 Å². The number of amides is 1. The van der Waals surface area contributed by atoms with Gasteiger partial charge in [-0.05, 0) is 49.2 Å². The molecule has 1 N–H and O–H groups in total. The van der Waals surface area contributed by atoms with Crippen LogP contribution in [0.3, 0.4) is 0 Å². The maximum Gasteiger partial charge on any atom is 0.264 e. The third kappa shape index (κ3) is 4.70. The molecule has 1 aliphatic carbocycles. The van der Waals surface area contributed by atoms with Gasteiger partial charge >= 0.3 is 0 Å². The molecule has 7 nitrogen and oxygen atoms in total. The lowest BCUT2D eigenvalue weighted by Crippen LogP contribution is -2.36. The van der Waals surface area contributed by atoms with E-state index in [9.17, 15) is 13.2 Å². The van der Waals surface area contributed by atoms with Gasteiger partial charge in [-0.25, -0.2) is 8.42 Å². The Bertz CT molecular complexity index is 983. The summed E-state index contributed by atoms with van der Waals surface area (Å²) in [7, 11) is 0.611. The zero-order valence-corrected chi connectivity index (χ0v) is 18.4. The normalized spacial score (nSPS) is 14.8. The van der Waals surface area contributed by atoms with Crippen LogP contribution in [0.15, 0.2) is 47.4 Å². The minimum Gasteiger partial charge on any atom is -0.493 e. The summed E-state index contributed by atoms with van der Waals surface area (Å²) in [6.45, 7) is 0. The van der Waals surface area contributed by atoms with Crippen LogP contribution in [-0.4, -0.2) is 41.6 Å². The molecule has 1 amide bonds. The second-order valence-electron chi connectivity index (χ2n) is 7.34. The summed E-state index contributed by atoms with van der Waals surface area (Å²) in [6, 6.07) is 11.2. The molecular formula is C22H28N2O5S. The number of nitrogens with one attached hydrogen (secondary N) is 1. The Kier molecular flexibility index (Phi) is 6.87. The van der Waals surface area contributed by atoms with Crippen LogP contribution in [0.1, 0.15) is 42.5 Å². The minimum absolute atomic E-state index is 0.0850. The molecule has 162 valence electrons. The standard InChI is InChI=1S/C22H28N2O5S/c1-24(30(26,27)19-13-14-20(28-2)21(15-19)29-3)18-11-9-16(10-12-18)22(25)23-17-7-5-4-6-8-17/h9-15,17H,4-8H2,1-3H3,(H,23,25). The lowest BCUT2D eigenvalue weighted by atomic mass is 9.95. The van der Waals surface area contributed by atoms with Crippen molar-refractivity contribution in [3.8, 4) is 11.5 Å². The number of benzene rings is 2. The molecule has 0 aliphatic heterocycles. The van der Waals surface area contributed by atoms with Gasteiger partial charge in [-0.1, -0.05) is 19.3 Å². The van der Waals surface area contributed by atoms with Gasteiger partial charge in [0.05, 0.1) is 24.8 Å². The number of rotatable bonds is 7. The van der Waals surface area contributed by atoms with E-state index < -0.39 is 10.0 Å². The Morgan fingerprint density at radius 2 is 1.60 bits per heavy atom. The molecule has 0 spiro atoms. The van der Waals surface area contributed by atoms with E-state index in [0.29, 0.717) is 22.7 Å². The Morgan fingerprint density at radius 1 is 0.967 bits per heavy atom. The van der Waals surface area contributed by atoms with Gasteiger partial charge in [-0.2, -0.15) is 0 Å². The van der Waals surface area contributed by atoms with Gasteiger partial charge in [-0.3, -0.25) is 9.10 Å². The molecule has 0 bridgehead atoms. The molecule has 0 radical (unpaired) electrons. The van der Waals surface area contributed by atoms with E-state index in [4.69, 9.17) is 9.47 Å². The highest BCUT2D eigenvalue weighted by atomic mass is 32.2. The van der Waals surface area contributed by atoms with Gasteiger partial charge in [0, 0.05) is 24.7 Å². The summed E-state index contributed by atoms with van der Waals surface area (Å²) < 4.78 is 37.6. The van der Waals surface area contributed by atoms with E-state index in [1.807, 2.05) is 0 Å². The van der Waals surface area contributed by atoms with Crippen LogP contribution in [0, 0.1) is 0 Å². The van der Waals surface area contributed by atoms with Crippen LogP contribution in [0.25, 0.3) is 0 Å². The zero-order chi connectivity index (χ0) is 21.7. The second-order valence-corrected chi connectivity index (χ2v) is 9.31. The zero-order valence-electron chi connectivity index (χ0n) is 17.6. The van der Waals surface area contributed by atoms with E-state index in [1.54, 1.807) is 30.3 Å². The first kappa shape index (κ1) is 22.0. The van der Waals surface area contributed by atoms with Crippen molar-refractivity contribution in [3.63, 3.8) is 0 Å². The average molecular weight is 433 g/mol. The fraction of sp³-hybridized carbons (Fsp3) is 0.409. The first-order chi connectivity index (χ1) is 14.4. The third-order valence-corrected chi connectivity index (χ3v) is 7.23. The van der Waals surface area contributed by atoms with Crippen LogP contribution in [0.5, 0.6) is 11.5 Å². The van der Waals surface area contributed by atoms with Gasteiger partial charge in [0.1, 0.15) is 0 Å². The van der Waals surface area contributed by atoms with E-state index in [1.165, 1.54) is 44.1 Å². The highest BCUT2D eigenvalue weighted by molar-refractivity contribution is 7.92. The number of methoxy groups -OCH3 is 2. The van der Waals surface area contributed by atoms with E-state index in [-0.39, 0.29) is 16.8 Å². The summed E-state index contributed by atoms with van der Waals surface area (Å²) in [4.78, 5) is 12.6. The molecule has 8 heteroatoms. The van der Waals surface area contributed by atoms with Crippen molar-refractivity contribution in [2.24, 2.45) is 0 Å². The number of sulfonamides is 1. The SMILES string of the molecule is COc1ccc(S(=O)(=O)N(C)c2ccc(C(=O)NC3CCCCC3)cc2)cc1OC. The average Bonchev–Trinajstić information content (AvgIpc) is 2.78. The van der Waals surface area contributed by atoms with Crippen LogP contribution in [0.2, 0.25) is 0 Å². The molecule has 0 unspecified atom stereocenters. The predicted molar refractivity (Wildman–Crippen MR) is 116 cm³/mol. The number of hydrogen-bond acceptors (Lipinski definition) is 5. The van der Waals surface area contributed by atoms with E-state index >= 15 is 0 Å². The Morgan fingerprint density at radius 3 is 2.20 bits per heavy atom. The van der Waals surface area contributed by atoms with Crippen molar-refractivity contribution in [2.45, 2.75) is 43.0 Å². The van der Waals surface area contributed by atoms with Gasteiger partial charge in [-0.15, -0.1) is 0 Å². The van der Waals surface area contributed by atoms with Crippen molar-refractivity contribution in [3.05, 3.63) is 48.0 Å². The molecule has 3 rings (SSSR count). The van der Waals surface area contributed by atoms with Crippen LogP contribution >= 0.6 is 0 Å². The number of nitrogens with zero attached hydrogens (tertiary/aromatic N) is 1. The van der Waals surface area contributed by atoms with Crippen molar-refractivity contribution in [1.29, 1.82) is 0 Å².